The maximum absolute atomic E-state index is 9.85. The van der Waals surface area contributed by atoms with Gasteiger partial charge in [0.2, 0.25) is 0 Å². The summed E-state index contributed by atoms with van der Waals surface area (Å²) in [5, 5.41) is 11.0. The fourth-order valence-corrected chi connectivity index (χ4v) is 2.31. The molecule has 1 aliphatic rings. The Bertz CT molecular complexity index is 519. The van der Waals surface area contributed by atoms with Gasteiger partial charge in [-0.15, -0.1) is 0 Å². The average molecular weight is 227 g/mol. The Hall–Kier alpha value is -1.41. The van der Waals surface area contributed by atoms with Crippen molar-refractivity contribution in [3.05, 3.63) is 42.1 Å². The topological polar surface area (TPSA) is 33.1 Å². The van der Waals surface area contributed by atoms with Crippen LogP contribution in [0.3, 0.4) is 0 Å². The molecule has 1 aromatic carbocycles. The summed E-state index contributed by atoms with van der Waals surface area (Å²) in [7, 11) is 0. The third kappa shape index (κ3) is 2.47. The van der Waals surface area contributed by atoms with Crippen molar-refractivity contribution < 1.29 is 5.11 Å². The van der Waals surface area contributed by atoms with Crippen LogP contribution in [-0.2, 0) is 6.42 Å². The van der Waals surface area contributed by atoms with Crippen LogP contribution >= 0.6 is 0 Å². The lowest BCUT2D eigenvalue weighted by molar-refractivity contribution is 0.142. The van der Waals surface area contributed by atoms with E-state index in [1.54, 1.807) is 0 Å². The van der Waals surface area contributed by atoms with Crippen molar-refractivity contribution in [2.24, 2.45) is 5.92 Å². The maximum atomic E-state index is 9.85. The zero-order valence-corrected chi connectivity index (χ0v) is 9.84. The van der Waals surface area contributed by atoms with E-state index in [4.69, 9.17) is 0 Å². The quantitative estimate of drug-likeness (QED) is 0.871. The maximum Gasteiger partial charge on any atom is 0.0702 e. The van der Waals surface area contributed by atoms with Crippen molar-refractivity contribution in [1.82, 2.24) is 4.98 Å². The second-order valence-corrected chi connectivity index (χ2v) is 4.97. The zero-order chi connectivity index (χ0) is 11.7. The van der Waals surface area contributed by atoms with E-state index in [0.29, 0.717) is 5.92 Å². The van der Waals surface area contributed by atoms with E-state index in [-0.39, 0.29) is 6.10 Å². The van der Waals surface area contributed by atoms with Crippen LogP contribution in [0.2, 0.25) is 0 Å². The van der Waals surface area contributed by atoms with Crippen molar-refractivity contribution in [1.29, 1.82) is 0 Å². The van der Waals surface area contributed by atoms with Crippen LogP contribution in [0.4, 0.5) is 0 Å². The molecule has 0 saturated heterocycles. The first-order valence-electron chi connectivity index (χ1n) is 6.35. The van der Waals surface area contributed by atoms with Crippen molar-refractivity contribution in [2.75, 3.05) is 0 Å². The number of rotatable bonds is 4. The van der Waals surface area contributed by atoms with Crippen molar-refractivity contribution >= 4 is 10.9 Å². The number of nitrogens with zero attached hydrogens (tertiary/aromatic N) is 1. The molecule has 2 heteroatoms. The van der Waals surface area contributed by atoms with Gasteiger partial charge in [0.15, 0.2) is 0 Å². The molecule has 0 amide bonds. The Balaban J connectivity index is 1.71. The Morgan fingerprint density at radius 2 is 2.18 bits per heavy atom. The van der Waals surface area contributed by atoms with E-state index in [1.807, 2.05) is 12.3 Å². The zero-order valence-electron chi connectivity index (χ0n) is 9.84. The summed E-state index contributed by atoms with van der Waals surface area (Å²) in [4.78, 5) is 4.31. The molecule has 0 spiro atoms. The fourth-order valence-electron chi connectivity index (χ4n) is 2.31. The molecule has 2 aromatic rings. The summed E-state index contributed by atoms with van der Waals surface area (Å²) in [5.41, 5.74) is 2.34. The Labute approximate surface area is 101 Å². The van der Waals surface area contributed by atoms with Gasteiger partial charge < -0.3 is 5.11 Å². The van der Waals surface area contributed by atoms with E-state index in [9.17, 15) is 5.11 Å². The lowest BCUT2D eigenvalue weighted by Gasteiger charge is -2.09. The highest BCUT2D eigenvalue weighted by Crippen LogP contribution is 2.34. The monoisotopic (exact) mass is 227 g/mol. The number of hydrogen-bond donors (Lipinski definition) is 1. The van der Waals surface area contributed by atoms with Gasteiger partial charge >= 0.3 is 0 Å². The van der Waals surface area contributed by atoms with Crippen molar-refractivity contribution in [3.8, 4) is 0 Å². The molecule has 1 heterocycles. The molecule has 3 rings (SSSR count). The van der Waals surface area contributed by atoms with Crippen LogP contribution in [0.25, 0.3) is 10.9 Å². The predicted molar refractivity (Wildman–Crippen MR) is 68.8 cm³/mol. The van der Waals surface area contributed by atoms with Gasteiger partial charge in [-0.25, -0.2) is 0 Å². The second-order valence-electron chi connectivity index (χ2n) is 4.97. The molecule has 88 valence electrons. The normalized spacial score (nSPS) is 17.2. The minimum atomic E-state index is -0.0976. The van der Waals surface area contributed by atoms with E-state index in [1.165, 1.54) is 23.8 Å². The number of aliphatic hydroxyl groups is 1. The molecule has 1 aliphatic carbocycles. The van der Waals surface area contributed by atoms with E-state index in [0.717, 1.165) is 18.4 Å². The first kappa shape index (κ1) is 10.7. The molecule has 0 radical (unpaired) electrons. The molecule has 1 unspecified atom stereocenters. The Morgan fingerprint density at radius 3 is 3.00 bits per heavy atom. The number of fused-ring (bicyclic) bond motifs is 1. The third-order valence-corrected chi connectivity index (χ3v) is 3.56. The highest BCUT2D eigenvalue weighted by atomic mass is 16.3. The molecule has 0 bridgehead atoms. The molecular formula is C15H17NO. The molecule has 17 heavy (non-hydrogen) atoms. The van der Waals surface area contributed by atoms with Gasteiger partial charge in [-0.1, -0.05) is 12.1 Å². The first-order valence-corrected chi connectivity index (χ1v) is 6.35. The number of aromatic nitrogens is 1. The number of aliphatic hydroxyl groups excluding tert-OH is 1. The van der Waals surface area contributed by atoms with Crippen LogP contribution in [0.5, 0.6) is 0 Å². The molecule has 1 atom stereocenters. The number of hydrogen-bond acceptors (Lipinski definition) is 2. The van der Waals surface area contributed by atoms with Crippen LogP contribution < -0.4 is 0 Å². The molecule has 1 N–H and O–H groups in total. The summed E-state index contributed by atoms with van der Waals surface area (Å²) < 4.78 is 0. The van der Waals surface area contributed by atoms with E-state index in [2.05, 4.69) is 29.2 Å². The van der Waals surface area contributed by atoms with Gasteiger partial charge in [-0.3, -0.25) is 4.98 Å². The highest BCUT2D eigenvalue weighted by molar-refractivity contribution is 5.78. The highest BCUT2D eigenvalue weighted by Gasteiger charge is 2.29. The molecule has 1 saturated carbocycles. The van der Waals surface area contributed by atoms with E-state index >= 15 is 0 Å². The average Bonchev–Trinajstić information content (AvgIpc) is 3.20. The minimum Gasteiger partial charge on any atom is -0.393 e. The Morgan fingerprint density at radius 1 is 1.29 bits per heavy atom. The van der Waals surface area contributed by atoms with E-state index < -0.39 is 0 Å². The standard InChI is InChI=1S/C15H17NO/c17-15(12-5-6-12)8-4-11-3-7-14-13(10-11)2-1-9-16-14/h1-3,7,9-10,12,15,17H,4-6,8H2. The number of pyridine rings is 1. The van der Waals surface area contributed by atoms with Crippen molar-refractivity contribution in [3.63, 3.8) is 0 Å². The Kier molecular flexibility index (Phi) is 2.81. The SMILES string of the molecule is OC(CCc1ccc2ncccc2c1)C1CC1. The van der Waals surface area contributed by atoms with Gasteiger partial charge in [-0.2, -0.15) is 0 Å². The molecular weight excluding hydrogens is 210 g/mol. The van der Waals surface area contributed by atoms with Crippen LogP contribution in [0, 0.1) is 5.92 Å². The predicted octanol–water partition coefficient (Wildman–Crippen LogP) is 2.94. The lowest BCUT2D eigenvalue weighted by atomic mass is 10.0. The first-order chi connectivity index (χ1) is 8.33. The van der Waals surface area contributed by atoms with Crippen LogP contribution in [-0.4, -0.2) is 16.2 Å². The summed E-state index contributed by atoms with van der Waals surface area (Å²) in [6.45, 7) is 0. The minimum absolute atomic E-state index is 0.0976. The number of benzene rings is 1. The van der Waals surface area contributed by atoms with Gasteiger partial charge in [0, 0.05) is 11.6 Å². The second kappa shape index (κ2) is 4.46. The van der Waals surface area contributed by atoms with Crippen LogP contribution in [0.15, 0.2) is 36.5 Å². The third-order valence-electron chi connectivity index (χ3n) is 3.56. The van der Waals surface area contributed by atoms with Crippen LogP contribution in [0.1, 0.15) is 24.8 Å². The molecule has 0 aliphatic heterocycles. The molecule has 1 fully saturated rings. The largest absolute Gasteiger partial charge is 0.393 e. The molecule has 2 nitrogen and oxygen atoms in total. The van der Waals surface area contributed by atoms with Gasteiger partial charge in [0.05, 0.1) is 11.6 Å². The molecule has 1 aromatic heterocycles. The van der Waals surface area contributed by atoms with Gasteiger partial charge in [-0.05, 0) is 55.4 Å². The smallest absolute Gasteiger partial charge is 0.0702 e. The summed E-state index contributed by atoms with van der Waals surface area (Å²) >= 11 is 0. The summed E-state index contributed by atoms with van der Waals surface area (Å²) in [6, 6.07) is 10.4. The summed E-state index contributed by atoms with van der Waals surface area (Å²) in [6.07, 6.45) is 5.99. The summed E-state index contributed by atoms with van der Waals surface area (Å²) in [5.74, 6) is 0.581. The lowest BCUT2D eigenvalue weighted by Crippen LogP contribution is -2.10. The van der Waals surface area contributed by atoms with Crippen molar-refractivity contribution in [2.45, 2.75) is 31.8 Å². The number of aryl methyl sites for hydroxylation is 1. The van der Waals surface area contributed by atoms with Gasteiger partial charge in [0.1, 0.15) is 0 Å². The van der Waals surface area contributed by atoms with Gasteiger partial charge in [0.25, 0.3) is 0 Å². The fraction of sp³-hybridized carbons (Fsp3) is 0.400.